The number of rotatable bonds is 11. The van der Waals surface area contributed by atoms with Crippen molar-refractivity contribution in [3.63, 3.8) is 0 Å². The van der Waals surface area contributed by atoms with Gasteiger partial charge in [-0.3, -0.25) is 24.0 Å². The van der Waals surface area contributed by atoms with Crippen LogP contribution in [0.3, 0.4) is 0 Å². The summed E-state index contributed by atoms with van der Waals surface area (Å²) in [4.78, 5) is 65.3. The van der Waals surface area contributed by atoms with E-state index >= 15 is 4.79 Å². The van der Waals surface area contributed by atoms with Crippen molar-refractivity contribution in [2.75, 3.05) is 51.0 Å². The quantitative estimate of drug-likeness (QED) is 0.262. The molecule has 0 unspecified atom stereocenters. The largest absolute Gasteiger partial charge is 0.497 e. The number of carbonyl (C=O) groups excluding carboxylic acids is 3. The number of amides is 4. The third-order valence-corrected chi connectivity index (χ3v) is 18.2. The summed E-state index contributed by atoms with van der Waals surface area (Å²) >= 11 is 0. The number of halogens is 3. The van der Waals surface area contributed by atoms with Gasteiger partial charge in [0.25, 0.3) is 5.91 Å². The first-order valence-corrected chi connectivity index (χ1v) is 26.3. The molecule has 0 bridgehead atoms. The van der Waals surface area contributed by atoms with E-state index in [9.17, 15) is 49.5 Å². The molecule has 68 heavy (non-hydrogen) atoms. The zero-order valence-electron chi connectivity index (χ0n) is 39.3. The number of aromatic nitrogens is 1. The zero-order chi connectivity index (χ0) is 49.9. The fourth-order valence-electron chi connectivity index (χ4n) is 9.84. The molecular formula is C45H62F3N7O11S2. The number of nitrogens with one attached hydrogen (secondary N) is 2. The molecule has 23 heteroatoms. The van der Waals surface area contributed by atoms with E-state index in [-0.39, 0.29) is 55.5 Å². The van der Waals surface area contributed by atoms with E-state index in [2.05, 4.69) is 15.0 Å². The molecule has 7 rings (SSSR count). The maximum Gasteiger partial charge on any atom is 0.411 e. The van der Waals surface area contributed by atoms with Gasteiger partial charge in [0.1, 0.15) is 35.0 Å². The summed E-state index contributed by atoms with van der Waals surface area (Å²) in [5.74, 6) is -4.20. The Morgan fingerprint density at radius 1 is 1.06 bits per heavy atom. The minimum atomic E-state index is -5.13. The van der Waals surface area contributed by atoms with Crippen LogP contribution in [0.4, 0.5) is 23.7 Å². The van der Waals surface area contributed by atoms with Crippen LogP contribution in [0.15, 0.2) is 36.5 Å². The highest BCUT2D eigenvalue weighted by Gasteiger charge is 2.64. The average molecular weight is 998 g/mol. The summed E-state index contributed by atoms with van der Waals surface area (Å²) in [6.07, 6.45) is -0.370. The van der Waals surface area contributed by atoms with Crippen LogP contribution < -0.4 is 24.4 Å². The normalized spacial score (nSPS) is 28.9. The van der Waals surface area contributed by atoms with Gasteiger partial charge in [0.05, 0.1) is 36.5 Å². The smallest absolute Gasteiger partial charge is 0.411 e. The van der Waals surface area contributed by atoms with Crippen LogP contribution in [0.1, 0.15) is 86.0 Å². The number of hydrogen-bond donors (Lipinski definition) is 3. The molecule has 5 aliphatic rings. The molecule has 4 amide bonds. The second-order valence-electron chi connectivity index (χ2n) is 19.8. The molecule has 1 aromatic heterocycles. The number of piperazine rings is 1. The first-order valence-electron chi connectivity index (χ1n) is 23.0. The third kappa shape index (κ3) is 9.80. The first-order chi connectivity index (χ1) is 31.7. The van der Waals surface area contributed by atoms with E-state index in [1.54, 1.807) is 43.5 Å². The number of hydrogen-bond acceptors (Lipinski definition) is 12. The van der Waals surface area contributed by atoms with Crippen LogP contribution in [0, 0.1) is 17.8 Å². The van der Waals surface area contributed by atoms with Gasteiger partial charge in [-0.25, -0.2) is 26.6 Å². The molecule has 1 aromatic carbocycles. The molecule has 4 fully saturated rings. The van der Waals surface area contributed by atoms with Crippen LogP contribution in [0.25, 0.3) is 10.8 Å². The van der Waals surface area contributed by atoms with E-state index in [1.165, 1.54) is 18.3 Å². The zero-order valence-corrected chi connectivity index (χ0v) is 41.0. The van der Waals surface area contributed by atoms with Crippen LogP contribution in [0.5, 0.6) is 11.6 Å². The second kappa shape index (κ2) is 18.4. The molecule has 18 nitrogen and oxygen atoms in total. The summed E-state index contributed by atoms with van der Waals surface area (Å²) in [5, 5.41) is 14.5. The van der Waals surface area contributed by atoms with Crippen molar-refractivity contribution < 1.29 is 63.8 Å². The van der Waals surface area contributed by atoms with Crippen LogP contribution in [-0.2, 0) is 34.4 Å². The lowest BCUT2D eigenvalue weighted by molar-refractivity contribution is -0.222. The lowest BCUT2D eigenvalue weighted by Crippen LogP contribution is -2.66. The molecule has 4 heterocycles. The Labute approximate surface area is 395 Å². The summed E-state index contributed by atoms with van der Waals surface area (Å²) in [7, 11) is -6.10. The molecule has 2 saturated carbocycles. The van der Waals surface area contributed by atoms with Crippen LogP contribution in [0.2, 0.25) is 0 Å². The number of carbonyl (C=O) groups is 4. The van der Waals surface area contributed by atoms with E-state index < -0.39 is 102 Å². The first kappa shape index (κ1) is 51.0. The van der Waals surface area contributed by atoms with Gasteiger partial charge in [-0.05, 0) is 89.3 Å². The summed E-state index contributed by atoms with van der Waals surface area (Å²) in [6.45, 7) is 7.14. The van der Waals surface area contributed by atoms with Gasteiger partial charge < -0.3 is 29.7 Å². The molecule has 7 atom stereocenters. The molecule has 376 valence electrons. The standard InChI is InChI=1S/C45H62F3N7O11S2/c1-8-28-21-27(2)11-9-10-12-29-24-44(29,40(58)51-68(63,64)43(5)15-16-43)50-37(56)34-23-31(26-54(34)39(57)36(28)55(41(59)60)42(3,4)45(46,47)48)66-38-32-14-13-30(65-6)22-33(32)35(25-49-38)52-17-19-53(20-18-52)67(7,61)62/h10,12-14,22,25,27-29,31,34,36H,8-9,11,15-21,23-24,26H2,1-7H3,(H,50,56)(H,51,58)(H,59,60)/b12-10-/t27-,28-,29-,31-,34+,36+,44-/m1/s1. The Balaban J connectivity index is 1.29. The molecule has 2 aromatic rings. The fourth-order valence-corrected chi connectivity index (χ4v) is 12.0. The van der Waals surface area contributed by atoms with Crippen molar-refractivity contribution >= 4 is 60.3 Å². The van der Waals surface area contributed by atoms with E-state index in [0.717, 1.165) is 11.2 Å². The molecule has 3 N–H and O–H groups in total. The van der Waals surface area contributed by atoms with Crippen molar-refractivity contribution in [3.05, 3.63) is 36.5 Å². The number of methoxy groups -OCH3 is 1. The predicted octanol–water partition coefficient (Wildman–Crippen LogP) is 4.64. The average Bonchev–Trinajstić information content (AvgIpc) is 4.15. The second-order valence-corrected chi connectivity index (χ2v) is 24.0. The van der Waals surface area contributed by atoms with Gasteiger partial charge in [-0.1, -0.05) is 32.4 Å². The predicted molar refractivity (Wildman–Crippen MR) is 245 cm³/mol. The Kier molecular flexibility index (Phi) is 13.8. The highest BCUT2D eigenvalue weighted by molar-refractivity contribution is 7.91. The van der Waals surface area contributed by atoms with Gasteiger partial charge >= 0.3 is 12.3 Å². The number of anilines is 1. The minimum absolute atomic E-state index is 0.0194. The summed E-state index contributed by atoms with van der Waals surface area (Å²) < 4.78 is 111. The van der Waals surface area contributed by atoms with Gasteiger partial charge in [-0.15, -0.1) is 0 Å². The van der Waals surface area contributed by atoms with E-state index in [0.29, 0.717) is 74.8 Å². The van der Waals surface area contributed by atoms with Crippen molar-refractivity contribution in [2.24, 2.45) is 17.8 Å². The molecular weight excluding hydrogens is 936 g/mol. The van der Waals surface area contributed by atoms with Gasteiger partial charge in [0.2, 0.25) is 37.7 Å². The van der Waals surface area contributed by atoms with Crippen molar-refractivity contribution in [3.8, 4) is 11.6 Å². The number of ether oxygens (including phenoxy) is 2. The highest BCUT2D eigenvalue weighted by Crippen LogP contribution is 2.48. The van der Waals surface area contributed by atoms with Crippen molar-refractivity contribution in [1.82, 2.24) is 29.1 Å². The molecule has 0 spiro atoms. The van der Waals surface area contributed by atoms with Crippen LogP contribution >= 0.6 is 0 Å². The Hall–Kier alpha value is -4.90. The lowest BCUT2D eigenvalue weighted by atomic mass is 9.82. The number of benzene rings is 1. The summed E-state index contributed by atoms with van der Waals surface area (Å²) in [6, 6.07) is 1.66. The van der Waals surface area contributed by atoms with Crippen LogP contribution in [-0.4, -0.2) is 151 Å². The van der Waals surface area contributed by atoms with Gasteiger partial charge in [0, 0.05) is 49.3 Å². The molecule has 2 saturated heterocycles. The number of nitrogens with zero attached hydrogens (tertiary/aromatic N) is 5. The van der Waals surface area contributed by atoms with E-state index in [4.69, 9.17) is 9.47 Å². The molecule has 3 aliphatic heterocycles. The third-order valence-electron chi connectivity index (χ3n) is 14.7. The maximum atomic E-state index is 15.4. The number of sulfonamides is 2. The summed E-state index contributed by atoms with van der Waals surface area (Å²) in [5.41, 5.74) is -4.20. The maximum absolute atomic E-state index is 15.4. The number of alkyl halides is 3. The van der Waals surface area contributed by atoms with Gasteiger partial charge in [0.15, 0.2) is 0 Å². The minimum Gasteiger partial charge on any atom is -0.497 e. The molecule has 2 aliphatic carbocycles. The number of pyridine rings is 1. The van der Waals surface area contributed by atoms with Gasteiger partial charge in [-0.2, -0.15) is 17.5 Å². The number of allylic oxidation sites excluding steroid dienone is 1. The Bertz CT molecular complexity index is 2570. The number of fused-ring (bicyclic) bond motifs is 3. The highest BCUT2D eigenvalue weighted by atomic mass is 32.2. The number of carboxylic acid groups (broad SMARTS) is 1. The van der Waals surface area contributed by atoms with Crippen molar-refractivity contribution in [2.45, 2.75) is 126 Å². The fraction of sp³-hybridized carbons (Fsp3) is 0.667. The monoisotopic (exact) mass is 997 g/mol. The molecule has 0 radical (unpaired) electrons. The Morgan fingerprint density at radius 2 is 1.74 bits per heavy atom. The van der Waals surface area contributed by atoms with Crippen molar-refractivity contribution in [1.29, 1.82) is 0 Å². The SMILES string of the molecule is CC[C@@H]1C[C@H](C)CC/C=C\[C@@H]2C[C@@]2(C(=O)NS(=O)(=O)C2(C)CC2)NC(=O)[C@@H]2C[C@@H](Oc3ncc(N4CCN(S(C)(=O)=O)CC4)c4cc(OC)ccc34)CN2C(=O)[C@H]1N(C(=O)O)C(C)(C)C(F)(F)F. The van der Waals surface area contributed by atoms with E-state index in [1.807, 2.05) is 11.8 Å². The lowest BCUT2D eigenvalue weighted by Gasteiger charge is -2.46. The Morgan fingerprint density at radius 3 is 2.32 bits per heavy atom. The topological polar surface area (TPSA) is 225 Å².